The van der Waals surface area contributed by atoms with Crippen molar-refractivity contribution in [3.05, 3.63) is 49.3 Å². The highest BCUT2D eigenvalue weighted by molar-refractivity contribution is 9.10. The number of aryl methyl sites for hydroxylation is 1. The van der Waals surface area contributed by atoms with Crippen molar-refractivity contribution < 1.29 is 0 Å². The van der Waals surface area contributed by atoms with Crippen LogP contribution in [-0.2, 0) is 13.1 Å². The molecule has 2 rings (SSSR count). The second-order valence-electron chi connectivity index (χ2n) is 3.71. The topological polar surface area (TPSA) is 24.9 Å². The second kappa shape index (κ2) is 5.96. The minimum atomic E-state index is 0.744. The number of nitrogens with one attached hydrogen (secondary N) is 1. The van der Waals surface area contributed by atoms with Crippen molar-refractivity contribution in [3.8, 4) is 0 Å². The second-order valence-corrected chi connectivity index (χ2v) is 6.03. The maximum absolute atomic E-state index is 6.03. The van der Waals surface area contributed by atoms with Crippen LogP contribution in [0.15, 0.2) is 28.1 Å². The van der Waals surface area contributed by atoms with E-state index in [1.54, 1.807) is 11.3 Å². The summed E-state index contributed by atoms with van der Waals surface area (Å²) in [5.41, 5.74) is 2.26. The smallest absolute Gasteiger partial charge is 0.0897 e. The molecule has 0 aliphatic carbocycles. The monoisotopic (exact) mass is 330 g/mol. The summed E-state index contributed by atoms with van der Waals surface area (Å²) in [5, 5.41) is 7.28. The molecule has 1 N–H and O–H groups in total. The van der Waals surface area contributed by atoms with E-state index in [0.717, 1.165) is 33.3 Å². The van der Waals surface area contributed by atoms with Gasteiger partial charge in [-0.15, -0.1) is 11.3 Å². The van der Waals surface area contributed by atoms with Gasteiger partial charge < -0.3 is 5.32 Å². The first kappa shape index (κ1) is 13.0. The highest BCUT2D eigenvalue weighted by Crippen LogP contribution is 2.23. The molecule has 0 unspecified atom stereocenters. The van der Waals surface area contributed by atoms with Crippen LogP contribution in [0.2, 0.25) is 5.02 Å². The number of benzene rings is 1. The Hall–Kier alpha value is -0.420. The molecule has 5 heteroatoms. The Bertz CT molecular complexity index is 513. The molecule has 0 aliphatic rings. The quantitative estimate of drug-likeness (QED) is 0.910. The Labute approximate surface area is 118 Å². The lowest BCUT2D eigenvalue weighted by Crippen LogP contribution is -2.12. The maximum Gasteiger partial charge on any atom is 0.0897 e. The first-order chi connectivity index (χ1) is 8.15. The zero-order valence-electron chi connectivity index (χ0n) is 9.34. The van der Waals surface area contributed by atoms with Gasteiger partial charge in [0, 0.05) is 22.9 Å². The van der Waals surface area contributed by atoms with E-state index in [1.807, 2.05) is 19.1 Å². The number of hydrogen-bond donors (Lipinski definition) is 1. The SMILES string of the molecule is Cc1nc(CNCc2ccc(Br)c(Cl)c2)cs1. The highest BCUT2D eigenvalue weighted by Gasteiger charge is 2.00. The number of halogens is 2. The molecule has 0 spiro atoms. The number of thiazole rings is 1. The molecule has 0 bridgehead atoms. The van der Waals surface area contributed by atoms with E-state index in [4.69, 9.17) is 11.6 Å². The van der Waals surface area contributed by atoms with E-state index in [0.29, 0.717) is 0 Å². The van der Waals surface area contributed by atoms with Crippen molar-refractivity contribution in [2.24, 2.45) is 0 Å². The van der Waals surface area contributed by atoms with Crippen LogP contribution in [0.25, 0.3) is 0 Å². The van der Waals surface area contributed by atoms with Crippen molar-refractivity contribution in [1.82, 2.24) is 10.3 Å². The van der Waals surface area contributed by atoms with Gasteiger partial charge in [0.2, 0.25) is 0 Å². The van der Waals surface area contributed by atoms with Crippen molar-refractivity contribution in [2.75, 3.05) is 0 Å². The molecule has 0 atom stereocenters. The summed E-state index contributed by atoms with van der Waals surface area (Å²) in [5.74, 6) is 0. The summed E-state index contributed by atoms with van der Waals surface area (Å²) in [7, 11) is 0. The van der Waals surface area contributed by atoms with E-state index in [2.05, 4.69) is 37.7 Å². The van der Waals surface area contributed by atoms with E-state index >= 15 is 0 Å². The largest absolute Gasteiger partial charge is 0.307 e. The minimum absolute atomic E-state index is 0.744. The molecule has 17 heavy (non-hydrogen) atoms. The van der Waals surface area contributed by atoms with Gasteiger partial charge in [0.05, 0.1) is 15.7 Å². The molecular formula is C12H12BrClN2S. The van der Waals surface area contributed by atoms with Crippen LogP contribution >= 0.6 is 38.9 Å². The van der Waals surface area contributed by atoms with Crippen molar-refractivity contribution in [2.45, 2.75) is 20.0 Å². The first-order valence-electron chi connectivity index (χ1n) is 5.21. The fraction of sp³-hybridized carbons (Fsp3) is 0.250. The normalized spacial score (nSPS) is 10.8. The summed E-state index contributed by atoms with van der Waals surface area (Å²) in [6.45, 7) is 3.60. The molecule has 0 saturated heterocycles. The van der Waals surface area contributed by atoms with Gasteiger partial charge in [0.15, 0.2) is 0 Å². The molecule has 0 fully saturated rings. The van der Waals surface area contributed by atoms with E-state index in [-0.39, 0.29) is 0 Å². The van der Waals surface area contributed by atoms with Gasteiger partial charge in [-0.25, -0.2) is 4.98 Å². The fourth-order valence-electron chi connectivity index (χ4n) is 1.47. The third kappa shape index (κ3) is 3.78. The Morgan fingerprint density at radius 1 is 1.41 bits per heavy atom. The maximum atomic E-state index is 6.03. The Balaban J connectivity index is 1.87. The third-order valence-corrected chi connectivity index (χ3v) is 4.34. The molecular weight excluding hydrogens is 320 g/mol. The average Bonchev–Trinajstić information content (AvgIpc) is 2.70. The van der Waals surface area contributed by atoms with Gasteiger partial charge in [-0.1, -0.05) is 17.7 Å². The predicted molar refractivity (Wildman–Crippen MR) is 76.5 cm³/mol. The van der Waals surface area contributed by atoms with Gasteiger partial charge >= 0.3 is 0 Å². The standard InChI is InChI=1S/C12H12BrClN2S/c1-8-16-10(7-17-8)6-15-5-9-2-3-11(13)12(14)4-9/h2-4,7,15H,5-6H2,1H3. The van der Waals surface area contributed by atoms with Crippen LogP contribution in [0.4, 0.5) is 0 Å². The van der Waals surface area contributed by atoms with Gasteiger partial charge in [0.1, 0.15) is 0 Å². The lowest BCUT2D eigenvalue weighted by Gasteiger charge is -2.04. The number of rotatable bonds is 4. The summed E-state index contributed by atoms with van der Waals surface area (Å²) >= 11 is 11.1. The highest BCUT2D eigenvalue weighted by atomic mass is 79.9. The summed E-state index contributed by atoms with van der Waals surface area (Å²) in [6, 6.07) is 5.98. The zero-order chi connectivity index (χ0) is 12.3. The van der Waals surface area contributed by atoms with Crippen LogP contribution in [0, 0.1) is 6.92 Å². The molecule has 0 saturated carbocycles. The molecule has 0 aliphatic heterocycles. The molecule has 90 valence electrons. The molecule has 1 aromatic heterocycles. The predicted octanol–water partition coefficient (Wildman–Crippen LogP) is 4.16. The molecule has 1 heterocycles. The average molecular weight is 332 g/mol. The summed E-state index contributed by atoms with van der Waals surface area (Å²) < 4.78 is 0.929. The van der Waals surface area contributed by atoms with Crippen LogP contribution < -0.4 is 5.32 Å². The Morgan fingerprint density at radius 3 is 2.88 bits per heavy atom. The zero-order valence-corrected chi connectivity index (χ0v) is 12.5. The van der Waals surface area contributed by atoms with Gasteiger partial charge in [0.25, 0.3) is 0 Å². The summed E-state index contributed by atoms with van der Waals surface area (Å²) in [4.78, 5) is 4.40. The van der Waals surface area contributed by atoms with Crippen molar-refractivity contribution in [1.29, 1.82) is 0 Å². The Morgan fingerprint density at radius 2 is 2.24 bits per heavy atom. The van der Waals surface area contributed by atoms with E-state index in [1.165, 1.54) is 5.56 Å². The molecule has 1 aromatic carbocycles. The van der Waals surface area contributed by atoms with Crippen LogP contribution in [0.3, 0.4) is 0 Å². The van der Waals surface area contributed by atoms with Gasteiger partial charge in [-0.2, -0.15) is 0 Å². The minimum Gasteiger partial charge on any atom is -0.307 e. The lowest BCUT2D eigenvalue weighted by atomic mass is 10.2. The van der Waals surface area contributed by atoms with E-state index in [9.17, 15) is 0 Å². The van der Waals surface area contributed by atoms with Crippen LogP contribution in [0.5, 0.6) is 0 Å². The third-order valence-electron chi connectivity index (χ3n) is 2.29. The fourth-order valence-corrected chi connectivity index (χ4v) is 2.54. The molecule has 2 nitrogen and oxygen atoms in total. The van der Waals surface area contributed by atoms with E-state index < -0.39 is 0 Å². The molecule has 0 radical (unpaired) electrons. The van der Waals surface area contributed by atoms with Crippen LogP contribution in [-0.4, -0.2) is 4.98 Å². The molecule has 0 amide bonds. The number of nitrogens with zero attached hydrogens (tertiary/aromatic N) is 1. The number of aromatic nitrogens is 1. The van der Waals surface area contributed by atoms with Gasteiger partial charge in [-0.05, 0) is 40.5 Å². The van der Waals surface area contributed by atoms with Crippen molar-refractivity contribution >= 4 is 38.9 Å². The summed E-state index contributed by atoms with van der Waals surface area (Å²) in [6.07, 6.45) is 0. The number of hydrogen-bond acceptors (Lipinski definition) is 3. The molecule has 2 aromatic rings. The first-order valence-corrected chi connectivity index (χ1v) is 7.26. The van der Waals surface area contributed by atoms with Gasteiger partial charge in [-0.3, -0.25) is 0 Å². The van der Waals surface area contributed by atoms with Crippen LogP contribution in [0.1, 0.15) is 16.3 Å². The van der Waals surface area contributed by atoms with Crippen molar-refractivity contribution in [3.63, 3.8) is 0 Å². The lowest BCUT2D eigenvalue weighted by molar-refractivity contribution is 0.682. The Kier molecular flexibility index (Phi) is 4.56.